The van der Waals surface area contributed by atoms with Crippen LogP contribution in [-0.4, -0.2) is 29.7 Å². The summed E-state index contributed by atoms with van der Waals surface area (Å²) in [5.41, 5.74) is 1.03. The summed E-state index contributed by atoms with van der Waals surface area (Å²) in [6, 6.07) is 2.88. The second-order valence-corrected chi connectivity index (χ2v) is 6.60. The van der Waals surface area contributed by atoms with Crippen molar-refractivity contribution in [3.8, 4) is 11.8 Å². The molecule has 1 fully saturated rings. The molecule has 0 saturated heterocycles. The van der Waals surface area contributed by atoms with Crippen molar-refractivity contribution >= 4 is 11.3 Å². The van der Waals surface area contributed by atoms with Gasteiger partial charge in [0.1, 0.15) is 6.61 Å². The summed E-state index contributed by atoms with van der Waals surface area (Å²) in [7, 11) is 2.24. The first-order valence-electron chi connectivity index (χ1n) is 7.06. The molecular formula is C16H23NOS. The molecule has 0 bridgehead atoms. The second kappa shape index (κ2) is 7.09. The minimum Gasteiger partial charge on any atom is -0.384 e. The number of thiophene rings is 1. The molecule has 1 saturated carbocycles. The van der Waals surface area contributed by atoms with E-state index in [2.05, 4.69) is 42.2 Å². The molecule has 0 amide bonds. The maximum absolute atomic E-state index is 8.70. The number of aliphatic hydroxyl groups excluding tert-OH is 1. The van der Waals surface area contributed by atoms with Crippen LogP contribution in [0.25, 0.3) is 0 Å². The molecule has 2 nitrogen and oxygen atoms in total. The average Bonchev–Trinajstić information content (AvgIpc) is 2.84. The summed E-state index contributed by atoms with van der Waals surface area (Å²) >= 11 is 1.77. The van der Waals surface area contributed by atoms with Crippen molar-refractivity contribution in [3.05, 3.63) is 21.9 Å². The lowest BCUT2D eigenvalue weighted by Gasteiger charge is -2.33. The highest BCUT2D eigenvalue weighted by Gasteiger charge is 2.22. The van der Waals surface area contributed by atoms with Crippen LogP contribution < -0.4 is 0 Å². The highest BCUT2D eigenvalue weighted by atomic mass is 32.1. The SMILES string of the molecule is CC1CCCC(N(C)Cc2cc(C#CCO)cs2)C1. The highest BCUT2D eigenvalue weighted by Crippen LogP contribution is 2.28. The molecule has 2 atom stereocenters. The number of hydrogen-bond acceptors (Lipinski definition) is 3. The van der Waals surface area contributed by atoms with E-state index in [9.17, 15) is 0 Å². The van der Waals surface area contributed by atoms with Crippen molar-refractivity contribution in [2.75, 3.05) is 13.7 Å². The Morgan fingerprint density at radius 1 is 1.47 bits per heavy atom. The average molecular weight is 277 g/mol. The quantitative estimate of drug-likeness (QED) is 0.858. The minimum absolute atomic E-state index is 0.0644. The van der Waals surface area contributed by atoms with Gasteiger partial charge in [0.25, 0.3) is 0 Å². The van der Waals surface area contributed by atoms with E-state index in [1.807, 2.05) is 0 Å². The third-order valence-electron chi connectivity index (χ3n) is 3.90. The van der Waals surface area contributed by atoms with Crippen LogP contribution in [0.15, 0.2) is 11.4 Å². The van der Waals surface area contributed by atoms with Crippen LogP contribution in [0, 0.1) is 17.8 Å². The Kier molecular flexibility index (Phi) is 5.45. The Bertz CT molecular complexity index is 457. The zero-order valence-electron chi connectivity index (χ0n) is 11.9. The van der Waals surface area contributed by atoms with Crippen LogP contribution in [0.3, 0.4) is 0 Å². The summed E-state index contributed by atoms with van der Waals surface area (Å²) in [6.45, 7) is 3.32. The van der Waals surface area contributed by atoms with E-state index in [-0.39, 0.29) is 6.61 Å². The first-order chi connectivity index (χ1) is 9.19. The normalized spacial score (nSPS) is 23.2. The molecule has 1 aliphatic rings. The number of hydrogen-bond donors (Lipinski definition) is 1. The zero-order chi connectivity index (χ0) is 13.7. The monoisotopic (exact) mass is 277 g/mol. The van der Waals surface area contributed by atoms with E-state index in [4.69, 9.17) is 5.11 Å². The topological polar surface area (TPSA) is 23.5 Å². The molecule has 0 aromatic carbocycles. The number of aliphatic hydroxyl groups is 1. The maximum atomic E-state index is 8.70. The van der Waals surface area contributed by atoms with Crippen molar-refractivity contribution in [1.82, 2.24) is 4.90 Å². The fourth-order valence-corrected chi connectivity index (χ4v) is 3.73. The second-order valence-electron chi connectivity index (χ2n) is 5.60. The third-order valence-corrected chi connectivity index (χ3v) is 4.82. The summed E-state index contributed by atoms with van der Waals surface area (Å²) in [5, 5.41) is 10.8. The lowest BCUT2D eigenvalue weighted by atomic mass is 9.86. The highest BCUT2D eigenvalue weighted by molar-refractivity contribution is 7.10. The molecule has 1 aliphatic carbocycles. The van der Waals surface area contributed by atoms with Crippen molar-refractivity contribution in [3.63, 3.8) is 0 Å². The molecule has 1 heterocycles. The molecular weight excluding hydrogens is 254 g/mol. The maximum Gasteiger partial charge on any atom is 0.104 e. The van der Waals surface area contributed by atoms with Gasteiger partial charge in [0.2, 0.25) is 0 Å². The van der Waals surface area contributed by atoms with Crippen molar-refractivity contribution < 1.29 is 5.11 Å². The van der Waals surface area contributed by atoms with Gasteiger partial charge in [0.15, 0.2) is 0 Å². The van der Waals surface area contributed by atoms with Gasteiger partial charge in [-0.25, -0.2) is 0 Å². The number of rotatable bonds is 3. The Morgan fingerprint density at radius 3 is 3.05 bits per heavy atom. The predicted octanol–water partition coefficient (Wildman–Crippen LogP) is 3.10. The first kappa shape index (κ1) is 14.6. The predicted molar refractivity (Wildman–Crippen MR) is 81.2 cm³/mol. The van der Waals surface area contributed by atoms with Gasteiger partial charge in [-0.15, -0.1) is 11.3 Å². The van der Waals surface area contributed by atoms with Crippen LogP contribution in [0.2, 0.25) is 0 Å². The van der Waals surface area contributed by atoms with Crippen LogP contribution in [-0.2, 0) is 6.54 Å². The van der Waals surface area contributed by atoms with E-state index in [0.717, 1.165) is 24.1 Å². The van der Waals surface area contributed by atoms with Crippen LogP contribution in [0.5, 0.6) is 0 Å². The number of nitrogens with zero attached hydrogens (tertiary/aromatic N) is 1. The Morgan fingerprint density at radius 2 is 2.32 bits per heavy atom. The van der Waals surface area contributed by atoms with Gasteiger partial charge in [-0.3, -0.25) is 4.90 Å². The van der Waals surface area contributed by atoms with E-state index < -0.39 is 0 Å². The smallest absolute Gasteiger partial charge is 0.104 e. The summed E-state index contributed by atoms with van der Waals surface area (Å²) in [4.78, 5) is 3.85. The molecule has 2 unspecified atom stereocenters. The molecule has 0 radical (unpaired) electrons. The fourth-order valence-electron chi connectivity index (χ4n) is 2.85. The Labute approximate surface area is 120 Å². The Hall–Kier alpha value is -0.820. The van der Waals surface area contributed by atoms with Gasteiger partial charge in [-0.2, -0.15) is 0 Å². The zero-order valence-corrected chi connectivity index (χ0v) is 12.7. The first-order valence-corrected chi connectivity index (χ1v) is 7.94. The molecule has 0 aliphatic heterocycles. The standard InChI is InChI=1S/C16H23NOS/c1-13-5-3-7-15(9-13)17(2)11-16-10-14(12-19-16)6-4-8-18/h10,12-13,15,18H,3,5,7-9,11H2,1-2H3. The molecule has 1 aromatic heterocycles. The van der Waals surface area contributed by atoms with E-state index in [1.165, 1.54) is 30.6 Å². The molecule has 3 heteroatoms. The van der Waals surface area contributed by atoms with Gasteiger partial charge in [-0.05, 0) is 31.9 Å². The van der Waals surface area contributed by atoms with E-state index in [1.54, 1.807) is 11.3 Å². The molecule has 2 rings (SSSR count). The lowest BCUT2D eigenvalue weighted by Crippen LogP contribution is -2.34. The van der Waals surface area contributed by atoms with Crippen molar-refractivity contribution in [1.29, 1.82) is 0 Å². The lowest BCUT2D eigenvalue weighted by molar-refractivity contribution is 0.159. The van der Waals surface area contributed by atoms with Crippen LogP contribution in [0.4, 0.5) is 0 Å². The summed E-state index contributed by atoms with van der Waals surface area (Å²) in [5.74, 6) is 6.54. The molecule has 104 valence electrons. The van der Waals surface area contributed by atoms with Gasteiger partial charge < -0.3 is 5.11 Å². The van der Waals surface area contributed by atoms with Crippen molar-refractivity contribution in [2.45, 2.75) is 45.2 Å². The van der Waals surface area contributed by atoms with E-state index >= 15 is 0 Å². The van der Waals surface area contributed by atoms with E-state index in [0.29, 0.717) is 0 Å². The van der Waals surface area contributed by atoms with Crippen LogP contribution in [0.1, 0.15) is 43.0 Å². The largest absolute Gasteiger partial charge is 0.384 e. The molecule has 19 heavy (non-hydrogen) atoms. The molecule has 0 spiro atoms. The fraction of sp³-hybridized carbons (Fsp3) is 0.625. The summed E-state index contributed by atoms with van der Waals surface area (Å²) in [6.07, 6.45) is 5.43. The van der Waals surface area contributed by atoms with Gasteiger partial charge in [-0.1, -0.05) is 31.6 Å². The Balaban J connectivity index is 1.91. The third kappa shape index (κ3) is 4.35. The van der Waals surface area contributed by atoms with Crippen molar-refractivity contribution in [2.24, 2.45) is 5.92 Å². The van der Waals surface area contributed by atoms with Crippen LogP contribution >= 0.6 is 11.3 Å². The van der Waals surface area contributed by atoms with Gasteiger partial charge in [0.05, 0.1) is 0 Å². The van der Waals surface area contributed by atoms with Gasteiger partial charge >= 0.3 is 0 Å². The molecule has 1 N–H and O–H groups in total. The van der Waals surface area contributed by atoms with Gasteiger partial charge in [0, 0.05) is 28.4 Å². The summed E-state index contributed by atoms with van der Waals surface area (Å²) < 4.78 is 0. The molecule has 1 aromatic rings. The minimum atomic E-state index is -0.0644.